The molecular weight excluding hydrogens is 330 g/mol. The first-order chi connectivity index (χ1) is 12.6. The van der Waals surface area contributed by atoms with E-state index in [0.29, 0.717) is 24.5 Å². The first-order valence-corrected chi connectivity index (χ1v) is 8.92. The Kier molecular flexibility index (Phi) is 5.96. The molecule has 0 spiro atoms. The molecule has 6 heteroatoms. The molecule has 0 aliphatic carbocycles. The number of carbonyl (C=O) groups excluding carboxylic acids is 1. The number of aromatic nitrogens is 2. The van der Waals surface area contributed by atoms with E-state index in [2.05, 4.69) is 15.3 Å². The summed E-state index contributed by atoms with van der Waals surface area (Å²) in [5, 5.41) is 2.90. The highest BCUT2D eigenvalue weighted by Gasteiger charge is 2.32. The number of hydrogen-bond acceptors (Lipinski definition) is 5. The predicted octanol–water partition coefficient (Wildman–Crippen LogP) is 2.97. The molecule has 1 atom stereocenters. The number of benzene rings is 1. The van der Waals surface area contributed by atoms with Gasteiger partial charge in [0.1, 0.15) is 5.60 Å². The Bertz CT molecular complexity index is 740. The number of amides is 1. The van der Waals surface area contributed by atoms with Crippen molar-refractivity contribution >= 4 is 5.91 Å². The average molecular weight is 355 g/mol. The van der Waals surface area contributed by atoms with Crippen molar-refractivity contribution in [2.45, 2.75) is 44.9 Å². The molecular formula is C20H25N3O3. The van der Waals surface area contributed by atoms with E-state index in [0.717, 1.165) is 37.0 Å². The lowest BCUT2D eigenvalue weighted by Crippen LogP contribution is -2.32. The first kappa shape index (κ1) is 18.5. The Morgan fingerprint density at radius 1 is 1.27 bits per heavy atom. The summed E-state index contributed by atoms with van der Waals surface area (Å²) in [5.74, 6) is 0.578. The highest BCUT2D eigenvalue weighted by Crippen LogP contribution is 2.32. The van der Waals surface area contributed by atoms with Crippen LogP contribution in [0.4, 0.5) is 0 Å². The Morgan fingerprint density at radius 3 is 2.77 bits per heavy atom. The van der Waals surface area contributed by atoms with Crippen molar-refractivity contribution in [1.82, 2.24) is 15.3 Å². The molecule has 1 aromatic carbocycles. The molecule has 0 bridgehead atoms. The number of nitrogens with zero attached hydrogens (tertiary/aromatic N) is 2. The van der Waals surface area contributed by atoms with Crippen molar-refractivity contribution in [3.05, 3.63) is 59.2 Å². The van der Waals surface area contributed by atoms with Gasteiger partial charge in [-0.25, -0.2) is 9.97 Å². The van der Waals surface area contributed by atoms with Crippen LogP contribution in [0.15, 0.2) is 36.7 Å². The summed E-state index contributed by atoms with van der Waals surface area (Å²) in [7, 11) is 1.63. The topological polar surface area (TPSA) is 73.3 Å². The van der Waals surface area contributed by atoms with E-state index >= 15 is 0 Å². The SMILES string of the molecule is COCc1cccc(C(=O)NCc2cnc([C@@]3(C)CCCCO3)nc2)c1. The van der Waals surface area contributed by atoms with Crippen LogP contribution in [-0.2, 0) is 28.2 Å². The van der Waals surface area contributed by atoms with Gasteiger partial charge in [0.2, 0.25) is 0 Å². The Balaban J connectivity index is 1.59. The van der Waals surface area contributed by atoms with Crippen LogP contribution in [0.2, 0.25) is 0 Å². The zero-order valence-electron chi connectivity index (χ0n) is 15.3. The zero-order chi connectivity index (χ0) is 18.4. The normalized spacial score (nSPS) is 19.9. The van der Waals surface area contributed by atoms with E-state index in [-0.39, 0.29) is 5.91 Å². The third kappa shape index (κ3) is 4.45. The van der Waals surface area contributed by atoms with Crippen LogP contribution in [-0.4, -0.2) is 29.6 Å². The Hall–Kier alpha value is -2.31. The van der Waals surface area contributed by atoms with Gasteiger partial charge in [-0.2, -0.15) is 0 Å². The van der Waals surface area contributed by atoms with Gasteiger partial charge in [0, 0.05) is 43.8 Å². The van der Waals surface area contributed by atoms with Gasteiger partial charge < -0.3 is 14.8 Å². The smallest absolute Gasteiger partial charge is 0.251 e. The van der Waals surface area contributed by atoms with Crippen molar-refractivity contribution in [3.8, 4) is 0 Å². The molecule has 1 N–H and O–H groups in total. The van der Waals surface area contributed by atoms with Crippen molar-refractivity contribution in [3.63, 3.8) is 0 Å². The molecule has 2 heterocycles. The maximum atomic E-state index is 12.3. The van der Waals surface area contributed by atoms with E-state index in [1.54, 1.807) is 25.6 Å². The molecule has 6 nitrogen and oxygen atoms in total. The van der Waals surface area contributed by atoms with Crippen LogP contribution in [0.3, 0.4) is 0 Å². The van der Waals surface area contributed by atoms with Gasteiger partial charge in [0.25, 0.3) is 5.91 Å². The standard InChI is InChI=1S/C20H25N3O3/c1-20(8-3-4-9-26-20)19-22-12-16(13-23-19)11-21-18(24)17-7-5-6-15(10-17)14-25-2/h5-7,10,12-13H,3-4,8-9,11,14H2,1-2H3,(H,21,24)/t20-/m1/s1. The summed E-state index contributed by atoms with van der Waals surface area (Å²) in [6.07, 6.45) is 6.66. The fourth-order valence-corrected chi connectivity index (χ4v) is 3.08. The molecule has 0 radical (unpaired) electrons. The third-order valence-electron chi connectivity index (χ3n) is 4.60. The minimum absolute atomic E-state index is 0.130. The summed E-state index contributed by atoms with van der Waals surface area (Å²) < 4.78 is 11.0. The van der Waals surface area contributed by atoms with Gasteiger partial charge in [-0.05, 0) is 43.9 Å². The second kappa shape index (κ2) is 8.38. The molecule has 1 aliphatic heterocycles. The molecule has 1 saturated heterocycles. The van der Waals surface area contributed by atoms with Crippen LogP contribution in [0.25, 0.3) is 0 Å². The van der Waals surface area contributed by atoms with E-state index in [1.807, 2.05) is 25.1 Å². The lowest BCUT2D eigenvalue weighted by atomic mass is 9.95. The summed E-state index contributed by atoms with van der Waals surface area (Å²) in [6.45, 7) is 3.65. The van der Waals surface area contributed by atoms with Crippen molar-refractivity contribution < 1.29 is 14.3 Å². The lowest BCUT2D eigenvalue weighted by molar-refractivity contribution is -0.0760. The fourth-order valence-electron chi connectivity index (χ4n) is 3.08. The molecule has 1 aliphatic rings. The van der Waals surface area contributed by atoms with Crippen LogP contribution in [0, 0.1) is 0 Å². The van der Waals surface area contributed by atoms with Crippen LogP contribution < -0.4 is 5.32 Å². The summed E-state index contributed by atoms with van der Waals surface area (Å²) in [4.78, 5) is 21.2. The van der Waals surface area contributed by atoms with Gasteiger partial charge in [-0.3, -0.25) is 4.79 Å². The summed E-state index contributed by atoms with van der Waals surface area (Å²) in [6, 6.07) is 7.40. The van der Waals surface area contributed by atoms with Crippen LogP contribution >= 0.6 is 0 Å². The minimum Gasteiger partial charge on any atom is -0.380 e. The minimum atomic E-state index is -0.401. The van der Waals surface area contributed by atoms with Gasteiger partial charge in [0.05, 0.1) is 6.61 Å². The predicted molar refractivity (Wildman–Crippen MR) is 97.5 cm³/mol. The fraction of sp³-hybridized carbons (Fsp3) is 0.450. The number of rotatable bonds is 6. The number of nitrogens with one attached hydrogen (secondary N) is 1. The van der Waals surface area contributed by atoms with Crippen LogP contribution in [0.5, 0.6) is 0 Å². The largest absolute Gasteiger partial charge is 0.380 e. The maximum absolute atomic E-state index is 12.3. The average Bonchev–Trinajstić information content (AvgIpc) is 2.67. The molecule has 1 aromatic heterocycles. The monoisotopic (exact) mass is 355 g/mol. The van der Waals surface area contributed by atoms with Crippen LogP contribution in [0.1, 0.15) is 53.5 Å². The summed E-state index contributed by atoms with van der Waals surface area (Å²) >= 11 is 0. The van der Waals surface area contributed by atoms with E-state index < -0.39 is 5.60 Å². The molecule has 2 aromatic rings. The molecule has 1 amide bonds. The molecule has 138 valence electrons. The Morgan fingerprint density at radius 2 is 2.08 bits per heavy atom. The zero-order valence-corrected chi connectivity index (χ0v) is 15.3. The van der Waals surface area contributed by atoms with Gasteiger partial charge in [0.15, 0.2) is 5.82 Å². The van der Waals surface area contributed by atoms with E-state index in [9.17, 15) is 4.79 Å². The second-order valence-corrected chi connectivity index (χ2v) is 6.77. The molecule has 1 fully saturated rings. The summed E-state index contributed by atoms with van der Waals surface area (Å²) in [5.41, 5.74) is 2.03. The van der Waals surface area contributed by atoms with Gasteiger partial charge in [-0.1, -0.05) is 12.1 Å². The number of ether oxygens (including phenoxy) is 2. The first-order valence-electron chi connectivity index (χ1n) is 8.92. The third-order valence-corrected chi connectivity index (χ3v) is 4.60. The quantitative estimate of drug-likeness (QED) is 0.862. The molecule has 26 heavy (non-hydrogen) atoms. The van der Waals surface area contributed by atoms with E-state index in [4.69, 9.17) is 9.47 Å². The van der Waals surface area contributed by atoms with Gasteiger partial charge >= 0.3 is 0 Å². The Labute approximate surface area is 154 Å². The lowest BCUT2D eigenvalue weighted by Gasteiger charge is -2.32. The van der Waals surface area contributed by atoms with Crippen molar-refractivity contribution in [2.75, 3.05) is 13.7 Å². The second-order valence-electron chi connectivity index (χ2n) is 6.77. The van der Waals surface area contributed by atoms with Crippen molar-refractivity contribution in [2.24, 2.45) is 0 Å². The number of hydrogen-bond donors (Lipinski definition) is 1. The highest BCUT2D eigenvalue weighted by atomic mass is 16.5. The van der Waals surface area contributed by atoms with Crippen molar-refractivity contribution in [1.29, 1.82) is 0 Å². The van der Waals surface area contributed by atoms with Gasteiger partial charge in [-0.15, -0.1) is 0 Å². The number of methoxy groups -OCH3 is 1. The van der Waals surface area contributed by atoms with E-state index in [1.165, 1.54) is 0 Å². The molecule has 0 saturated carbocycles. The maximum Gasteiger partial charge on any atom is 0.251 e. The number of carbonyl (C=O) groups is 1. The molecule has 0 unspecified atom stereocenters. The molecule has 3 rings (SSSR count). The highest BCUT2D eigenvalue weighted by molar-refractivity contribution is 5.94.